The molecule has 0 aromatic carbocycles. The van der Waals surface area contributed by atoms with Crippen molar-refractivity contribution in [1.29, 1.82) is 0 Å². The fraction of sp³-hybridized carbons (Fsp3) is 0.857. The molecule has 1 unspecified atom stereocenters. The lowest BCUT2D eigenvalue weighted by atomic mass is 9.87. The zero-order valence-corrected chi connectivity index (χ0v) is 11.4. The van der Waals surface area contributed by atoms with Crippen LogP contribution in [0.4, 0.5) is 0 Å². The van der Waals surface area contributed by atoms with Crippen molar-refractivity contribution in [2.24, 2.45) is 11.8 Å². The van der Waals surface area contributed by atoms with Gasteiger partial charge in [-0.25, -0.2) is 0 Å². The second-order valence-electron chi connectivity index (χ2n) is 5.96. The molecule has 1 aliphatic carbocycles. The fourth-order valence-corrected chi connectivity index (χ4v) is 3.19. The smallest absolute Gasteiger partial charge is 0.243 e. The predicted octanol–water partition coefficient (Wildman–Crippen LogP) is 1.55. The molecule has 1 heterocycles. The molecule has 0 aromatic rings. The van der Waals surface area contributed by atoms with Crippen molar-refractivity contribution in [3.8, 4) is 0 Å². The van der Waals surface area contributed by atoms with Crippen LogP contribution < -0.4 is 5.32 Å². The van der Waals surface area contributed by atoms with Gasteiger partial charge in [-0.1, -0.05) is 33.1 Å². The minimum atomic E-state index is -0.270. The summed E-state index contributed by atoms with van der Waals surface area (Å²) >= 11 is 0. The molecule has 0 spiro atoms. The Kier molecular flexibility index (Phi) is 4.25. The van der Waals surface area contributed by atoms with Gasteiger partial charge >= 0.3 is 0 Å². The maximum atomic E-state index is 12.0. The molecule has 4 heteroatoms. The molecule has 1 saturated heterocycles. The maximum Gasteiger partial charge on any atom is 0.243 e. The van der Waals surface area contributed by atoms with E-state index in [9.17, 15) is 9.59 Å². The number of rotatable bonds is 3. The zero-order valence-electron chi connectivity index (χ0n) is 11.4. The topological polar surface area (TPSA) is 49.4 Å². The number of carbonyl (C=O) groups is 2. The van der Waals surface area contributed by atoms with Crippen LogP contribution in [-0.2, 0) is 9.59 Å². The summed E-state index contributed by atoms with van der Waals surface area (Å²) in [5.74, 6) is 0.868. The van der Waals surface area contributed by atoms with Gasteiger partial charge < -0.3 is 10.2 Å². The molecule has 4 nitrogen and oxygen atoms in total. The second-order valence-corrected chi connectivity index (χ2v) is 5.96. The quantitative estimate of drug-likeness (QED) is 0.828. The average molecular weight is 252 g/mol. The fourth-order valence-electron chi connectivity index (χ4n) is 3.19. The Labute approximate surface area is 109 Å². The number of amides is 2. The van der Waals surface area contributed by atoms with E-state index >= 15 is 0 Å². The minimum absolute atomic E-state index is 0.0143. The van der Waals surface area contributed by atoms with Crippen LogP contribution in [0.2, 0.25) is 0 Å². The summed E-state index contributed by atoms with van der Waals surface area (Å²) in [5.41, 5.74) is 0. The average Bonchev–Trinajstić information content (AvgIpc) is 2.35. The lowest BCUT2D eigenvalue weighted by Crippen LogP contribution is -2.61. The Morgan fingerprint density at radius 3 is 2.50 bits per heavy atom. The van der Waals surface area contributed by atoms with Gasteiger partial charge in [-0.05, 0) is 24.7 Å². The highest BCUT2D eigenvalue weighted by atomic mass is 16.2. The third kappa shape index (κ3) is 2.85. The number of hydrogen-bond donors (Lipinski definition) is 1. The normalized spacial score (nSPS) is 26.6. The van der Waals surface area contributed by atoms with E-state index < -0.39 is 0 Å². The lowest BCUT2D eigenvalue weighted by Gasteiger charge is -2.39. The molecule has 1 saturated carbocycles. The van der Waals surface area contributed by atoms with Crippen molar-refractivity contribution >= 4 is 11.8 Å². The summed E-state index contributed by atoms with van der Waals surface area (Å²) in [6, 6.07) is -0.270. The van der Waals surface area contributed by atoms with Gasteiger partial charge in [0.25, 0.3) is 0 Å². The van der Waals surface area contributed by atoms with Crippen LogP contribution in [0.25, 0.3) is 0 Å². The molecule has 18 heavy (non-hydrogen) atoms. The Bertz CT molecular complexity index is 322. The number of hydrogen-bond acceptors (Lipinski definition) is 2. The molecule has 2 fully saturated rings. The SMILES string of the molecule is CC(C)C1C(=O)NCC(=O)N1CC1CCCCC1. The summed E-state index contributed by atoms with van der Waals surface area (Å²) < 4.78 is 0. The number of nitrogens with one attached hydrogen (secondary N) is 1. The van der Waals surface area contributed by atoms with Gasteiger partial charge in [0.05, 0.1) is 6.54 Å². The first-order valence-electron chi connectivity index (χ1n) is 7.16. The molecule has 2 aliphatic rings. The first-order chi connectivity index (χ1) is 8.59. The highest BCUT2D eigenvalue weighted by Crippen LogP contribution is 2.26. The van der Waals surface area contributed by atoms with Gasteiger partial charge in [0.1, 0.15) is 6.04 Å². The largest absolute Gasteiger partial charge is 0.345 e. The molecule has 102 valence electrons. The Hall–Kier alpha value is -1.06. The van der Waals surface area contributed by atoms with Crippen LogP contribution in [0.5, 0.6) is 0 Å². The van der Waals surface area contributed by atoms with E-state index in [1.807, 2.05) is 18.7 Å². The first-order valence-corrected chi connectivity index (χ1v) is 7.16. The van der Waals surface area contributed by atoms with E-state index in [2.05, 4.69) is 5.32 Å². The van der Waals surface area contributed by atoms with Gasteiger partial charge in [-0.15, -0.1) is 0 Å². The van der Waals surface area contributed by atoms with Crippen molar-refractivity contribution < 1.29 is 9.59 Å². The minimum Gasteiger partial charge on any atom is -0.345 e. The molecule has 1 atom stereocenters. The standard InChI is InChI=1S/C14H24N2O2/c1-10(2)13-14(18)15-8-12(17)16(13)9-11-6-4-3-5-7-11/h10-11,13H,3-9H2,1-2H3,(H,15,18). The third-order valence-electron chi connectivity index (χ3n) is 4.15. The highest BCUT2D eigenvalue weighted by molar-refractivity contribution is 5.94. The summed E-state index contributed by atoms with van der Waals surface area (Å²) in [6.45, 7) is 4.97. The lowest BCUT2D eigenvalue weighted by molar-refractivity contribution is -0.148. The van der Waals surface area contributed by atoms with Crippen LogP contribution in [0.3, 0.4) is 0 Å². The van der Waals surface area contributed by atoms with Crippen molar-refractivity contribution in [2.45, 2.75) is 52.0 Å². The Morgan fingerprint density at radius 1 is 1.22 bits per heavy atom. The summed E-state index contributed by atoms with van der Waals surface area (Å²) in [6.07, 6.45) is 6.27. The van der Waals surface area contributed by atoms with Gasteiger partial charge in [-0.3, -0.25) is 9.59 Å². The van der Waals surface area contributed by atoms with Crippen molar-refractivity contribution in [3.05, 3.63) is 0 Å². The van der Waals surface area contributed by atoms with E-state index in [1.165, 1.54) is 32.1 Å². The van der Waals surface area contributed by atoms with Crippen LogP contribution in [0.1, 0.15) is 46.0 Å². The van der Waals surface area contributed by atoms with Crippen LogP contribution >= 0.6 is 0 Å². The van der Waals surface area contributed by atoms with Gasteiger partial charge in [0.15, 0.2) is 0 Å². The Morgan fingerprint density at radius 2 is 1.89 bits per heavy atom. The zero-order chi connectivity index (χ0) is 13.1. The van der Waals surface area contributed by atoms with E-state index in [4.69, 9.17) is 0 Å². The van der Waals surface area contributed by atoms with Crippen molar-refractivity contribution in [2.75, 3.05) is 13.1 Å². The molecule has 0 bridgehead atoms. The summed E-state index contributed by atoms with van der Waals surface area (Å²) in [4.78, 5) is 25.8. The van der Waals surface area contributed by atoms with Crippen LogP contribution in [0, 0.1) is 11.8 Å². The third-order valence-corrected chi connectivity index (χ3v) is 4.15. The van der Waals surface area contributed by atoms with Crippen LogP contribution in [-0.4, -0.2) is 35.8 Å². The summed E-state index contributed by atoms with van der Waals surface area (Å²) in [7, 11) is 0. The summed E-state index contributed by atoms with van der Waals surface area (Å²) in [5, 5.41) is 2.70. The molecule has 1 N–H and O–H groups in total. The Balaban J connectivity index is 2.05. The second kappa shape index (κ2) is 5.72. The monoisotopic (exact) mass is 252 g/mol. The number of nitrogens with zero attached hydrogens (tertiary/aromatic N) is 1. The van der Waals surface area contributed by atoms with E-state index in [1.54, 1.807) is 0 Å². The van der Waals surface area contributed by atoms with Crippen LogP contribution in [0.15, 0.2) is 0 Å². The molecule has 0 aromatic heterocycles. The van der Waals surface area contributed by atoms with E-state index in [0.29, 0.717) is 5.92 Å². The first kappa shape index (κ1) is 13.4. The maximum absolute atomic E-state index is 12.0. The van der Waals surface area contributed by atoms with Gasteiger partial charge in [-0.2, -0.15) is 0 Å². The molecule has 2 amide bonds. The van der Waals surface area contributed by atoms with Crippen molar-refractivity contribution in [3.63, 3.8) is 0 Å². The number of piperazine rings is 1. The molecule has 2 rings (SSSR count). The van der Waals surface area contributed by atoms with Gasteiger partial charge in [0.2, 0.25) is 11.8 Å². The van der Waals surface area contributed by atoms with Gasteiger partial charge in [0, 0.05) is 6.54 Å². The van der Waals surface area contributed by atoms with E-state index in [-0.39, 0.29) is 30.3 Å². The molecular weight excluding hydrogens is 228 g/mol. The predicted molar refractivity (Wildman–Crippen MR) is 69.9 cm³/mol. The molecular formula is C14H24N2O2. The molecule has 1 aliphatic heterocycles. The van der Waals surface area contributed by atoms with Crippen molar-refractivity contribution in [1.82, 2.24) is 10.2 Å². The van der Waals surface area contributed by atoms with E-state index in [0.717, 1.165) is 6.54 Å². The highest BCUT2D eigenvalue weighted by Gasteiger charge is 2.37. The number of carbonyl (C=O) groups excluding carboxylic acids is 2. The molecule has 0 radical (unpaired) electrons.